The van der Waals surface area contributed by atoms with Crippen LogP contribution in [0.15, 0.2) is 12.5 Å². The Morgan fingerprint density at radius 2 is 1.56 bits per heavy atom. The molecule has 2 saturated heterocycles. The fraction of sp³-hybridized carbons (Fsp3) is 0.658. The second-order valence-electron chi connectivity index (χ2n) is 15.8. The molecule has 1 unspecified atom stereocenters. The molecule has 10 amide bonds. The number of hydroxylamine groups is 1. The van der Waals surface area contributed by atoms with Crippen LogP contribution in [0.25, 0.3) is 0 Å². The quantitative estimate of drug-likeness (QED) is 0.0167. The van der Waals surface area contributed by atoms with Gasteiger partial charge in [0.15, 0.2) is 0 Å². The topological polar surface area (TPSA) is 374 Å². The van der Waals surface area contributed by atoms with E-state index in [1.165, 1.54) is 18.0 Å². The largest absolute Gasteiger partial charge is 0.481 e. The summed E-state index contributed by atoms with van der Waals surface area (Å²) in [6.45, 7) is 2.61. The van der Waals surface area contributed by atoms with E-state index in [-0.39, 0.29) is 49.2 Å². The molecular weight excluding hydrogens is 849 g/mol. The molecule has 24 nitrogen and oxygen atoms in total. The summed E-state index contributed by atoms with van der Waals surface area (Å²) in [4.78, 5) is 131. The highest BCUT2D eigenvalue weighted by atomic mass is 32.2. The third-order valence-corrected chi connectivity index (χ3v) is 11.7. The first-order valence-corrected chi connectivity index (χ1v) is 21.8. The number of aromatic amines is 1. The number of amides is 10. The SMILES string of the molecule is CC(C)CC(CC(=O)NO)C(=O)N[C@@H](Cc1cnc[nH]1)C(=O)N[C@@H](CC(=O)O)C(=O)NCC(=O)NCC(=O)N[C@@H](CCCCNC(=O)CCCC[C@@H]1SC[C@@H]2NC(=O)N[C@@H]21)C(N)=O. The molecule has 0 spiro atoms. The van der Waals surface area contributed by atoms with E-state index in [4.69, 9.17) is 10.9 Å². The van der Waals surface area contributed by atoms with E-state index in [2.05, 4.69) is 52.5 Å². The third kappa shape index (κ3) is 18.9. The van der Waals surface area contributed by atoms with Gasteiger partial charge in [0.25, 0.3) is 0 Å². The monoisotopic (exact) mass is 908 g/mol. The molecule has 25 heteroatoms. The van der Waals surface area contributed by atoms with Crippen LogP contribution >= 0.6 is 11.8 Å². The number of nitrogens with one attached hydrogen (secondary N) is 10. The van der Waals surface area contributed by atoms with Gasteiger partial charge in [-0.25, -0.2) is 15.3 Å². The van der Waals surface area contributed by atoms with E-state index in [1.807, 2.05) is 11.8 Å². The first-order chi connectivity index (χ1) is 29.9. The molecule has 14 N–H and O–H groups in total. The molecule has 0 saturated carbocycles. The number of rotatable bonds is 29. The first kappa shape index (κ1) is 51.4. The molecule has 2 fully saturated rings. The van der Waals surface area contributed by atoms with Crippen molar-refractivity contribution in [2.45, 2.75) is 120 Å². The van der Waals surface area contributed by atoms with Crippen LogP contribution in [-0.2, 0) is 49.6 Å². The average Bonchev–Trinajstić information content (AvgIpc) is 3.97. The maximum absolute atomic E-state index is 13.5. The van der Waals surface area contributed by atoms with Crippen molar-refractivity contribution in [2.75, 3.05) is 25.4 Å². The molecule has 1 aromatic heterocycles. The second-order valence-corrected chi connectivity index (χ2v) is 17.1. The Labute approximate surface area is 367 Å². The summed E-state index contributed by atoms with van der Waals surface area (Å²) >= 11 is 1.82. The number of carboxylic acid groups (broad SMARTS) is 1. The number of H-pyrrole nitrogens is 1. The highest BCUT2D eigenvalue weighted by molar-refractivity contribution is 8.00. The van der Waals surface area contributed by atoms with E-state index in [9.17, 15) is 53.1 Å². The molecule has 7 atom stereocenters. The number of nitrogens with zero attached hydrogens (tertiary/aromatic N) is 1. The molecule has 0 radical (unpaired) electrons. The van der Waals surface area contributed by atoms with Crippen LogP contribution in [-0.4, -0.2) is 140 Å². The van der Waals surface area contributed by atoms with Gasteiger partial charge in [0.05, 0.1) is 37.9 Å². The van der Waals surface area contributed by atoms with Crippen molar-refractivity contribution < 1.29 is 58.3 Å². The van der Waals surface area contributed by atoms with Crippen molar-refractivity contribution in [3.63, 3.8) is 0 Å². The number of aromatic nitrogens is 2. The normalized spacial score (nSPS) is 18.3. The van der Waals surface area contributed by atoms with Crippen LogP contribution in [0.5, 0.6) is 0 Å². The van der Waals surface area contributed by atoms with Gasteiger partial charge in [-0.2, -0.15) is 11.8 Å². The lowest BCUT2D eigenvalue weighted by molar-refractivity contribution is -0.141. The Balaban J connectivity index is 1.40. The second kappa shape index (κ2) is 26.5. The van der Waals surface area contributed by atoms with Gasteiger partial charge in [0.2, 0.25) is 47.3 Å². The zero-order chi connectivity index (χ0) is 46.5. The summed E-state index contributed by atoms with van der Waals surface area (Å²) in [5.41, 5.74) is 7.32. The number of unbranched alkanes of at least 4 members (excludes halogenated alkanes) is 2. The Hall–Kier alpha value is -5.98. The number of primary amides is 1. The molecule has 3 rings (SSSR count). The minimum atomic E-state index is -1.72. The van der Waals surface area contributed by atoms with Crippen LogP contribution in [0.3, 0.4) is 0 Å². The maximum Gasteiger partial charge on any atom is 0.315 e. The summed E-state index contributed by atoms with van der Waals surface area (Å²) in [6.07, 6.45) is 5.34. The fourth-order valence-corrected chi connectivity index (χ4v) is 8.56. The van der Waals surface area contributed by atoms with Crippen molar-refractivity contribution in [1.82, 2.24) is 58.0 Å². The fourth-order valence-electron chi connectivity index (χ4n) is 7.02. The van der Waals surface area contributed by atoms with Crippen LogP contribution in [0.4, 0.5) is 4.79 Å². The van der Waals surface area contributed by atoms with Crippen molar-refractivity contribution in [1.29, 1.82) is 0 Å². The predicted octanol–water partition coefficient (Wildman–Crippen LogP) is -2.83. The molecule has 1 aromatic rings. The Kier molecular flexibility index (Phi) is 21.6. The van der Waals surface area contributed by atoms with Gasteiger partial charge in [-0.1, -0.05) is 20.3 Å². The van der Waals surface area contributed by atoms with Crippen molar-refractivity contribution in [2.24, 2.45) is 17.6 Å². The van der Waals surface area contributed by atoms with E-state index < -0.39 is 97.3 Å². The lowest BCUT2D eigenvalue weighted by Crippen LogP contribution is -2.56. The van der Waals surface area contributed by atoms with Gasteiger partial charge in [-0.3, -0.25) is 48.4 Å². The highest BCUT2D eigenvalue weighted by Gasteiger charge is 2.42. The van der Waals surface area contributed by atoms with Crippen LogP contribution in [0.1, 0.15) is 83.7 Å². The summed E-state index contributed by atoms with van der Waals surface area (Å²) < 4.78 is 0. The summed E-state index contributed by atoms with van der Waals surface area (Å²) in [5, 5.41) is 39.2. The number of aliphatic carboxylic acids is 1. The van der Waals surface area contributed by atoms with E-state index in [1.54, 1.807) is 13.8 Å². The van der Waals surface area contributed by atoms with Gasteiger partial charge in [-0.05, 0) is 44.4 Å². The van der Waals surface area contributed by atoms with Crippen LogP contribution < -0.4 is 53.7 Å². The van der Waals surface area contributed by atoms with Crippen molar-refractivity contribution in [3.05, 3.63) is 18.2 Å². The summed E-state index contributed by atoms with van der Waals surface area (Å²) in [5.74, 6) is -7.76. The number of fused-ring (bicyclic) bond motifs is 1. The standard InChI is InChI=1S/C38H60N12O12S/c1-20(2)11-21(12-29(52)50-62)35(58)46-24(13-22-15-40-19-44-22)37(60)47-25(14-32(55)56)36(59)43-16-30(53)42-17-31(54)45-23(34(39)57)7-5-6-10-41-28(51)9-4-3-8-27-33-26(18-63-27)48-38(61)49-33/h15,19-21,23-27,33,62H,3-14,16-18H2,1-2H3,(H2,39,57)(H,40,44)(H,41,51)(H,42,53)(H,43,59)(H,45,54)(H,46,58)(H,47,60)(H,50,52)(H,55,56)(H2,48,49,61)/t21?,23-,24-,25-,26-,27-,33-/m0/s1. The van der Waals surface area contributed by atoms with Crippen LogP contribution in [0, 0.1) is 11.8 Å². The van der Waals surface area contributed by atoms with Gasteiger partial charge in [0.1, 0.15) is 18.1 Å². The number of carboxylic acids is 1. The van der Waals surface area contributed by atoms with E-state index in [0.29, 0.717) is 43.2 Å². The lowest BCUT2D eigenvalue weighted by atomic mass is 9.92. The smallest absolute Gasteiger partial charge is 0.315 e. The molecule has 0 aliphatic carbocycles. The number of hydrogen-bond donors (Lipinski definition) is 13. The number of hydrogen-bond acceptors (Lipinski definition) is 13. The van der Waals surface area contributed by atoms with Crippen LogP contribution in [0.2, 0.25) is 0 Å². The number of nitrogens with two attached hydrogens (primary N) is 1. The number of imidazole rings is 1. The lowest BCUT2D eigenvalue weighted by Gasteiger charge is -2.24. The maximum atomic E-state index is 13.5. The molecule has 2 aliphatic heterocycles. The molecule has 3 heterocycles. The van der Waals surface area contributed by atoms with Gasteiger partial charge >= 0.3 is 12.0 Å². The number of thioether (sulfide) groups is 1. The average molecular weight is 909 g/mol. The molecule has 2 aliphatic rings. The zero-order valence-electron chi connectivity index (χ0n) is 35.3. The Morgan fingerprint density at radius 1 is 0.825 bits per heavy atom. The third-order valence-electron chi connectivity index (χ3n) is 10.2. The number of carbonyl (C=O) groups is 10. The van der Waals surface area contributed by atoms with E-state index in [0.717, 1.165) is 18.6 Å². The molecular formula is C38H60N12O12S. The van der Waals surface area contributed by atoms with E-state index >= 15 is 0 Å². The first-order valence-electron chi connectivity index (χ1n) is 20.8. The van der Waals surface area contributed by atoms with Gasteiger partial charge in [0, 0.05) is 54.6 Å². The minimum absolute atomic E-state index is 0.0572. The minimum Gasteiger partial charge on any atom is -0.481 e. The molecule has 63 heavy (non-hydrogen) atoms. The molecule has 0 aromatic carbocycles. The molecule has 350 valence electrons. The summed E-state index contributed by atoms with van der Waals surface area (Å²) in [7, 11) is 0. The van der Waals surface area contributed by atoms with Gasteiger partial charge in [-0.15, -0.1) is 0 Å². The Bertz CT molecular complexity index is 1770. The zero-order valence-corrected chi connectivity index (χ0v) is 36.1. The number of carbonyl (C=O) groups excluding carboxylic acids is 9. The summed E-state index contributed by atoms with van der Waals surface area (Å²) in [6, 6.07) is -4.04. The highest BCUT2D eigenvalue weighted by Crippen LogP contribution is 2.33. The Morgan fingerprint density at radius 3 is 2.22 bits per heavy atom. The van der Waals surface area contributed by atoms with Gasteiger partial charge < -0.3 is 58.4 Å². The molecule has 0 bridgehead atoms. The number of urea groups is 1. The predicted molar refractivity (Wildman–Crippen MR) is 224 cm³/mol. The van der Waals surface area contributed by atoms with Crippen molar-refractivity contribution >= 4 is 71.0 Å². The van der Waals surface area contributed by atoms with Crippen molar-refractivity contribution in [3.8, 4) is 0 Å².